The fourth-order valence-electron chi connectivity index (χ4n) is 5.58. The Balaban J connectivity index is 1.30. The van der Waals surface area contributed by atoms with E-state index in [1.165, 1.54) is 16.3 Å². The number of fused-ring (bicyclic) bond motifs is 1. The van der Waals surface area contributed by atoms with Crippen LogP contribution in [-0.4, -0.2) is 20.7 Å². The Bertz CT molecular complexity index is 1920. The summed E-state index contributed by atoms with van der Waals surface area (Å²) in [7, 11) is 0. The lowest BCUT2D eigenvalue weighted by Gasteiger charge is -2.21. The molecule has 0 bridgehead atoms. The Morgan fingerprint density at radius 1 is 0.750 bits per heavy atom. The van der Waals surface area contributed by atoms with Gasteiger partial charge in [0.25, 0.3) is 0 Å². The second-order valence-electron chi connectivity index (χ2n) is 11.1. The molecule has 214 valence electrons. The molecule has 6 rings (SSSR count). The summed E-state index contributed by atoms with van der Waals surface area (Å²) in [5, 5.41) is 11.5. The molecule has 0 saturated heterocycles. The summed E-state index contributed by atoms with van der Waals surface area (Å²) in [5.74, 6) is 1.80. The van der Waals surface area contributed by atoms with E-state index in [1.54, 1.807) is 6.08 Å². The number of nitrogens with one attached hydrogen (secondary N) is 1. The average molecular weight is 571 g/mol. The van der Waals surface area contributed by atoms with Crippen LogP contribution in [0.5, 0.6) is 0 Å². The summed E-state index contributed by atoms with van der Waals surface area (Å²) < 4.78 is 0. The number of benzene rings is 4. The van der Waals surface area contributed by atoms with Crippen LogP contribution < -0.4 is 0 Å². The van der Waals surface area contributed by atoms with Gasteiger partial charge >= 0.3 is 0 Å². The molecule has 4 aromatic carbocycles. The van der Waals surface area contributed by atoms with Gasteiger partial charge in [0.15, 0.2) is 17.5 Å². The Morgan fingerprint density at radius 2 is 1.34 bits per heavy atom. The highest BCUT2D eigenvalue weighted by molar-refractivity contribution is 6.06. The van der Waals surface area contributed by atoms with Crippen LogP contribution in [0.1, 0.15) is 31.2 Å². The van der Waals surface area contributed by atoms with E-state index in [9.17, 15) is 0 Å². The van der Waals surface area contributed by atoms with Gasteiger partial charge in [-0.2, -0.15) is 0 Å². The summed E-state index contributed by atoms with van der Waals surface area (Å²) in [6, 6.07) is 34.7. The quantitative estimate of drug-likeness (QED) is 0.127. The van der Waals surface area contributed by atoms with Crippen LogP contribution in [0.3, 0.4) is 0 Å². The van der Waals surface area contributed by atoms with Crippen molar-refractivity contribution in [1.82, 2.24) is 15.0 Å². The molecule has 1 N–H and O–H groups in total. The first kappa shape index (κ1) is 28.6. The molecule has 1 aliphatic carbocycles. The van der Waals surface area contributed by atoms with E-state index in [4.69, 9.17) is 20.4 Å². The van der Waals surface area contributed by atoms with E-state index in [1.807, 2.05) is 66.7 Å². The number of nitrogens with zero attached hydrogens (tertiary/aromatic N) is 3. The normalized spacial score (nSPS) is 15.8. The first-order valence-corrected chi connectivity index (χ1v) is 14.8. The van der Waals surface area contributed by atoms with Crippen molar-refractivity contribution in [2.24, 2.45) is 5.41 Å². The van der Waals surface area contributed by atoms with E-state index < -0.39 is 5.41 Å². The molecule has 1 aromatic heterocycles. The summed E-state index contributed by atoms with van der Waals surface area (Å²) in [5.41, 5.74) is 6.54. The van der Waals surface area contributed by atoms with Gasteiger partial charge in [0.1, 0.15) is 0 Å². The van der Waals surface area contributed by atoms with Crippen molar-refractivity contribution in [2.75, 3.05) is 0 Å². The molecule has 0 aliphatic heterocycles. The van der Waals surface area contributed by atoms with Crippen LogP contribution in [-0.2, 0) is 0 Å². The number of aromatic nitrogens is 3. The van der Waals surface area contributed by atoms with Crippen molar-refractivity contribution >= 4 is 27.6 Å². The first-order valence-electron chi connectivity index (χ1n) is 14.8. The largest absolute Gasteiger partial charge is 0.305 e. The third kappa shape index (κ3) is 5.62. The molecule has 0 spiro atoms. The van der Waals surface area contributed by atoms with Gasteiger partial charge in [-0.1, -0.05) is 136 Å². The minimum atomic E-state index is -0.446. The maximum Gasteiger partial charge on any atom is 0.164 e. The Kier molecular flexibility index (Phi) is 7.82. The predicted octanol–water partition coefficient (Wildman–Crippen LogP) is 9.94. The van der Waals surface area contributed by atoms with Gasteiger partial charge in [0.2, 0.25) is 0 Å². The van der Waals surface area contributed by atoms with Crippen molar-refractivity contribution in [1.29, 1.82) is 5.41 Å². The molecular formula is C40H34N4. The van der Waals surface area contributed by atoms with Crippen LogP contribution in [0.4, 0.5) is 0 Å². The number of allylic oxidation sites excluding steroid dienone is 7. The number of hydrogen-bond donors (Lipinski definition) is 1. The minimum Gasteiger partial charge on any atom is -0.305 e. The third-order valence-electron chi connectivity index (χ3n) is 8.23. The smallest absolute Gasteiger partial charge is 0.164 e. The van der Waals surface area contributed by atoms with E-state index in [-0.39, 0.29) is 0 Å². The molecule has 0 saturated carbocycles. The molecule has 0 radical (unpaired) electrons. The number of hydrogen-bond acceptors (Lipinski definition) is 4. The van der Waals surface area contributed by atoms with Gasteiger partial charge in [-0.25, -0.2) is 15.0 Å². The second-order valence-corrected chi connectivity index (χ2v) is 11.1. The summed E-state index contributed by atoms with van der Waals surface area (Å²) in [6.45, 7) is 14.7. The second kappa shape index (κ2) is 12.0. The number of rotatable bonds is 11. The molecule has 5 aromatic rings. The highest BCUT2D eigenvalue weighted by Crippen LogP contribution is 2.59. The monoisotopic (exact) mass is 570 g/mol. The van der Waals surface area contributed by atoms with Crippen molar-refractivity contribution in [3.05, 3.63) is 164 Å². The van der Waals surface area contributed by atoms with Crippen LogP contribution in [0.25, 0.3) is 44.7 Å². The topological polar surface area (TPSA) is 62.5 Å². The zero-order valence-corrected chi connectivity index (χ0v) is 24.9. The van der Waals surface area contributed by atoms with E-state index in [2.05, 4.69) is 75.2 Å². The fourth-order valence-corrected chi connectivity index (χ4v) is 5.58. The average Bonchev–Trinajstić information content (AvgIpc) is 3.81. The zero-order valence-electron chi connectivity index (χ0n) is 24.9. The molecular weight excluding hydrogens is 536 g/mol. The summed E-state index contributed by atoms with van der Waals surface area (Å²) in [6.07, 6.45) is 7.08. The minimum absolute atomic E-state index is 0.437. The lowest BCUT2D eigenvalue weighted by molar-refractivity contribution is 0.744. The lowest BCUT2D eigenvalue weighted by atomic mass is 9.82. The van der Waals surface area contributed by atoms with Crippen molar-refractivity contribution < 1.29 is 0 Å². The molecule has 4 nitrogen and oxygen atoms in total. The molecule has 1 heterocycles. The molecule has 0 fully saturated rings. The molecule has 1 unspecified atom stereocenters. The molecule has 4 heteroatoms. The van der Waals surface area contributed by atoms with E-state index in [0.717, 1.165) is 27.8 Å². The fraction of sp³-hybridized carbons (Fsp3) is 0.100. The Labute approximate surface area is 259 Å². The lowest BCUT2D eigenvalue weighted by Crippen LogP contribution is -2.14. The first-order chi connectivity index (χ1) is 21.4. The van der Waals surface area contributed by atoms with Crippen molar-refractivity contribution in [3.63, 3.8) is 0 Å². The van der Waals surface area contributed by atoms with Gasteiger partial charge < -0.3 is 5.41 Å². The highest BCUT2D eigenvalue weighted by Gasteiger charge is 2.46. The Hall–Kier alpha value is -5.48. The Morgan fingerprint density at radius 3 is 1.93 bits per heavy atom. The molecule has 44 heavy (non-hydrogen) atoms. The van der Waals surface area contributed by atoms with Crippen LogP contribution in [0.2, 0.25) is 0 Å². The third-order valence-corrected chi connectivity index (χ3v) is 8.23. The van der Waals surface area contributed by atoms with Gasteiger partial charge in [0.05, 0.1) is 0 Å². The molecule has 0 amide bonds. The van der Waals surface area contributed by atoms with Crippen molar-refractivity contribution in [3.8, 4) is 22.8 Å². The van der Waals surface area contributed by atoms with Gasteiger partial charge in [-0.15, -0.1) is 0 Å². The highest BCUT2D eigenvalue weighted by atomic mass is 15.0. The maximum absolute atomic E-state index is 9.12. The maximum atomic E-state index is 9.12. The van der Waals surface area contributed by atoms with E-state index in [0.29, 0.717) is 41.6 Å². The van der Waals surface area contributed by atoms with Gasteiger partial charge in [-0.3, -0.25) is 0 Å². The zero-order chi connectivity index (χ0) is 30.7. The van der Waals surface area contributed by atoms with Crippen LogP contribution in [0.15, 0.2) is 152 Å². The van der Waals surface area contributed by atoms with Crippen molar-refractivity contribution in [2.45, 2.75) is 19.8 Å². The standard InChI is InChI=1S/C40H34N4/c1-5-28(4)40(25-35(40)34-22-21-30-15-13-14-20-33(30)24-34)26-36(41)27(3)23-29(6-2)37-42-38(31-16-9-7-10-17-31)44-39(43-37)32-18-11-8-12-19-32/h5,7-25,41H,1,3-4,6,26H2,2H3/b29-23+,41-36?. The van der Waals surface area contributed by atoms with Crippen LogP contribution >= 0.6 is 0 Å². The summed E-state index contributed by atoms with van der Waals surface area (Å²) in [4.78, 5) is 14.6. The van der Waals surface area contributed by atoms with Crippen LogP contribution in [0, 0.1) is 10.8 Å². The van der Waals surface area contributed by atoms with Gasteiger partial charge in [0, 0.05) is 28.7 Å². The van der Waals surface area contributed by atoms with E-state index >= 15 is 0 Å². The van der Waals surface area contributed by atoms with Gasteiger partial charge in [-0.05, 0) is 57.2 Å². The predicted molar refractivity (Wildman–Crippen MR) is 184 cm³/mol. The molecule has 1 aliphatic rings. The summed E-state index contributed by atoms with van der Waals surface area (Å²) >= 11 is 0. The SMILES string of the molecule is C=CC(=C)C1(CC(=N)C(=C)/C=C(\CC)c2nc(-c3ccccc3)nc(-c3ccccc3)n2)C=C1c1ccc2ccccc2c1. The molecule has 1 atom stereocenters.